The van der Waals surface area contributed by atoms with E-state index >= 15 is 0 Å². The molecule has 3 aliphatic heterocycles. The van der Waals surface area contributed by atoms with Gasteiger partial charge in [0.15, 0.2) is 9.84 Å². The summed E-state index contributed by atoms with van der Waals surface area (Å²) < 4.78 is 23.5. The van der Waals surface area contributed by atoms with E-state index < -0.39 is 9.84 Å². The van der Waals surface area contributed by atoms with Gasteiger partial charge >= 0.3 is 0 Å². The molecule has 1 unspecified atom stereocenters. The van der Waals surface area contributed by atoms with Gasteiger partial charge in [-0.2, -0.15) is 0 Å². The Kier molecular flexibility index (Phi) is 7.49. The summed E-state index contributed by atoms with van der Waals surface area (Å²) in [7, 11) is -3.21. The van der Waals surface area contributed by atoms with E-state index in [1.54, 1.807) is 12.1 Å². The van der Waals surface area contributed by atoms with Gasteiger partial charge in [-0.25, -0.2) is 8.42 Å². The molecule has 0 aliphatic carbocycles. The average Bonchev–Trinajstić information content (AvgIpc) is 3.45. The van der Waals surface area contributed by atoms with Crippen LogP contribution in [0.4, 0.5) is 0 Å². The minimum atomic E-state index is -3.21. The van der Waals surface area contributed by atoms with Crippen LogP contribution in [0.1, 0.15) is 50.2 Å². The lowest BCUT2D eigenvalue weighted by Gasteiger charge is -2.46. The number of nitrogens with zero attached hydrogens (tertiary/aromatic N) is 2. The van der Waals surface area contributed by atoms with Crippen LogP contribution in [0.2, 0.25) is 0 Å². The maximum atomic E-state index is 13.0. The van der Waals surface area contributed by atoms with Crippen LogP contribution in [-0.2, 0) is 21.2 Å². The van der Waals surface area contributed by atoms with Crippen molar-refractivity contribution in [2.24, 2.45) is 17.3 Å². The standard InChI is InChI=1S/C30H41N3O3S/c1-22(2)29(27-19-31-18-26(27)24-7-5-4-6-8-24)32-15-13-30(14-16-32)17-28(34)33(21-30)20-23-9-11-25(12-10-23)37(3,35)36/h4-12,22,26-27,29,31H,13-21H2,1-3H3/t26-,27-,29?/m1/s1. The molecule has 6 nitrogen and oxygen atoms in total. The average molecular weight is 524 g/mol. The lowest BCUT2D eigenvalue weighted by molar-refractivity contribution is -0.128. The van der Waals surface area contributed by atoms with Gasteiger partial charge in [0.1, 0.15) is 0 Å². The lowest BCUT2D eigenvalue weighted by Crippen LogP contribution is -2.52. The number of piperidine rings is 1. The molecule has 3 atom stereocenters. The zero-order chi connectivity index (χ0) is 26.2. The molecule has 3 heterocycles. The molecule has 1 N–H and O–H groups in total. The second kappa shape index (κ2) is 10.5. The van der Waals surface area contributed by atoms with Gasteiger partial charge in [-0.05, 0) is 66.4 Å². The molecule has 0 radical (unpaired) electrons. The van der Waals surface area contributed by atoms with E-state index in [4.69, 9.17) is 0 Å². The van der Waals surface area contributed by atoms with E-state index in [0.29, 0.717) is 41.7 Å². The van der Waals surface area contributed by atoms with Gasteiger partial charge in [0.25, 0.3) is 0 Å². The summed E-state index contributed by atoms with van der Waals surface area (Å²) in [6.45, 7) is 10.3. The number of nitrogens with one attached hydrogen (secondary N) is 1. The number of hydrogen-bond donors (Lipinski definition) is 1. The van der Waals surface area contributed by atoms with Gasteiger partial charge in [0.05, 0.1) is 4.90 Å². The summed E-state index contributed by atoms with van der Waals surface area (Å²) in [4.78, 5) is 18.0. The normalized spacial score (nSPS) is 25.3. The topological polar surface area (TPSA) is 69.7 Å². The molecule has 200 valence electrons. The van der Waals surface area contributed by atoms with Crippen molar-refractivity contribution in [3.8, 4) is 0 Å². The number of amides is 1. The predicted molar refractivity (Wildman–Crippen MR) is 147 cm³/mol. The Labute approximate surface area is 222 Å². The van der Waals surface area contributed by atoms with Crippen molar-refractivity contribution >= 4 is 15.7 Å². The first-order valence-corrected chi connectivity index (χ1v) is 15.6. The Balaban J connectivity index is 1.23. The highest BCUT2D eigenvalue weighted by Crippen LogP contribution is 2.44. The molecule has 0 aromatic heterocycles. The van der Waals surface area contributed by atoms with Gasteiger partial charge in [-0.3, -0.25) is 9.69 Å². The third-order valence-corrected chi connectivity index (χ3v) is 10.1. The molecule has 3 saturated heterocycles. The summed E-state index contributed by atoms with van der Waals surface area (Å²) in [5, 5.41) is 3.68. The number of hydrogen-bond acceptors (Lipinski definition) is 5. The fraction of sp³-hybridized carbons (Fsp3) is 0.567. The first kappa shape index (κ1) is 26.4. The zero-order valence-electron chi connectivity index (χ0n) is 22.4. The van der Waals surface area contributed by atoms with Crippen LogP contribution in [0.25, 0.3) is 0 Å². The number of rotatable bonds is 7. The number of sulfone groups is 1. The number of carbonyl (C=O) groups is 1. The van der Waals surface area contributed by atoms with Crippen molar-refractivity contribution in [2.75, 3.05) is 39.0 Å². The monoisotopic (exact) mass is 523 g/mol. The van der Waals surface area contributed by atoms with Gasteiger partial charge in [-0.1, -0.05) is 56.3 Å². The number of benzene rings is 2. The summed E-state index contributed by atoms with van der Waals surface area (Å²) in [6, 6.07) is 18.5. The summed E-state index contributed by atoms with van der Waals surface area (Å²) in [5.74, 6) is 1.93. The molecule has 3 aliphatic rings. The molecule has 1 spiro atoms. The molecule has 37 heavy (non-hydrogen) atoms. The van der Waals surface area contributed by atoms with Gasteiger partial charge < -0.3 is 10.2 Å². The van der Waals surface area contributed by atoms with E-state index in [1.165, 1.54) is 11.8 Å². The Bertz CT molecular complexity index is 1190. The van der Waals surface area contributed by atoms with E-state index in [9.17, 15) is 13.2 Å². The first-order valence-electron chi connectivity index (χ1n) is 13.7. The van der Waals surface area contributed by atoms with Gasteiger partial charge in [0.2, 0.25) is 5.91 Å². The van der Waals surface area contributed by atoms with Crippen LogP contribution >= 0.6 is 0 Å². The molecule has 2 aromatic rings. The van der Waals surface area contributed by atoms with Crippen LogP contribution < -0.4 is 5.32 Å². The van der Waals surface area contributed by atoms with Crippen LogP contribution in [-0.4, -0.2) is 69.1 Å². The van der Waals surface area contributed by atoms with Crippen LogP contribution in [0, 0.1) is 17.3 Å². The summed E-state index contributed by atoms with van der Waals surface area (Å²) >= 11 is 0. The fourth-order valence-electron chi connectivity index (χ4n) is 7.13. The third-order valence-electron chi connectivity index (χ3n) is 9.02. The highest BCUT2D eigenvalue weighted by atomic mass is 32.2. The van der Waals surface area contributed by atoms with E-state index in [-0.39, 0.29) is 11.3 Å². The molecule has 2 aromatic carbocycles. The Hall–Kier alpha value is -2.22. The first-order chi connectivity index (χ1) is 17.7. The molecule has 1 amide bonds. The van der Waals surface area contributed by atoms with Crippen molar-refractivity contribution in [1.29, 1.82) is 0 Å². The predicted octanol–water partition coefficient (Wildman–Crippen LogP) is 3.93. The molecule has 7 heteroatoms. The van der Waals surface area contributed by atoms with Gasteiger partial charge in [0, 0.05) is 50.8 Å². The zero-order valence-corrected chi connectivity index (χ0v) is 23.2. The molecular formula is C30H41N3O3S. The SMILES string of the molecule is CC(C)C([C@@H]1CNC[C@@H]1c1ccccc1)N1CCC2(CC1)CC(=O)N(Cc1ccc(S(C)(=O)=O)cc1)C2. The van der Waals surface area contributed by atoms with Crippen molar-refractivity contribution in [3.63, 3.8) is 0 Å². The van der Waals surface area contributed by atoms with Gasteiger partial charge in [-0.15, -0.1) is 0 Å². The third kappa shape index (κ3) is 5.64. The molecule has 0 saturated carbocycles. The number of carbonyl (C=O) groups excluding carboxylic acids is 1. The van der Waals surface area contributed by atoms with E-state index in [1.807, 2.05) is 17.0 Å². The minimum absolute atomic E-state index is 0.0641. The van der Waals surface area contributed by atoms with E-state index in [2.05, 4.69) is 54.4 Å². The number of likely N-dealkylation sites (tertiary alicyclic amines) is 2. The Morgan fingerprint density at radius 1 is 1.00 bits per heavy atom. The highest BCUT2D eigenvalue weighted by Gasteiger charge is 2.47. The minimum Gasteiger partial charge on any atom is -0.338 e. The smallest absolute Gasteiger partial charge is 0.223 e. The quantitative estimate of drug-likeness (QED) is 0.596. The van der Waals surface area contributed by atoms with Crippen LogP contribution in [0.5, 0.6) is 0 Å². The summed E-state index contributed by atoms with van der Waals surface area (Å²) in [6.07, 6.45) is 3.96. The summed E-state index contributed by atoms with van der Waals surface area (Å²) in [5.41, 5.74) is 2.49. The van der Waals surface area contributed by atoms with E-state index in [0.717, 1.165) is 51.1 Å². The molecular weight excluding hydrogens is 482 g/mol. The fourth-order valence-corrected chi connectivity index (χ4v) is 7.76. The highest BCUT2D eigenvalue weighted by molar-refractivity contribution is 7.90. The molecule has 5 rings (SSSR count). The largest absolute Gasteiger partial charge is 0.338 e. The maximum Gasteiger partial charge on any atom is 0.223 e. The van der Waals surface area contributed by atoms with Crippen molar-refractivity contribution < 1.29 is 13.2 Å². The second-order valence-corrected chi connectivity index (χ2v) is 14.0. The van der Waals surface area contributed by atoms with Crippen molar-refractivity contribution in [3.05, 3.63) is 65.7 Å². The Morgan fingerprint density at radius 2 is 1.68 bits per heavy atom. The lowest BCUT2D eigenvalue weighted by atomic mass is 9.74. The maximum absolute atomic E-state index is 13.0. The van der Waals surface area contributed by atoms with Crippen molar-refractivity contribution in [2.45, 2.75) is 56.5 Å². The molecule has 3 fully saturated rings. The van der Waals surface area contributed by atoms with Crippen LogP contribution in [0.3, 0.4) is 0 Å². The Morgan fingerprint density at radius 3 is 2.30 bits per heavy atom. The molecule has 0 bridgehead atoms. The van der Waals surface area contributed by atoms with Crippen molar-refractivity contribution in [1.82, 2.24) is 15.1 Å². The second-order valence-electron chi connectivity index (χ2n) is 12.0. The van der Waals surface area contributed by atoms with Crippen LogP contribution in [0.15, 0.2) is 59.5 Å².